The van der Waals surface area contributed by atoms with Gasteiger partial charge in [0.2, 0.25) is 0 Å². The summed E-state index contributed by atoms with van der Waals surface area (Å²) in [5, 5.41) is 10.3. The Kier molecular flexibility index (Phi) is 3.09. The Labute approximate surface area is 120 Å². The quantitative estimate of drug-likeness (QED) is 0.643. The second-order valence-corrected chi connectivity index (χ2v) is 4.37. The number of hydrogen-bond acceptors (Lipinski definition) is 3. The first-order valence-corrected chi connectivity index (χ1v) is 6.16. The van der Waals surface area contributed by atoms with E-state index in [4.69, 9.17) is 16.9 Å². The molecule has 4 nitrogen and oxygen atoms in total. The highest BCUT2D eigenvalue weighted by Crippen LogP contribution is 2.24. The van der Waals surface area contributed by atoms with Gasteiger partial charge in [0.1, 0.15) is 17.4 Å². The highest BCUT2D eigenvalue weighted by atomic mass is 35.5. The van der Waals surface area contributed by atoms with E-state index in [2.05, 4.69) is 32.9 Å². The Morgan fingerprint density at radius 1 is 1.15 bits per heavy atom. The van der Waals surface area contributed by atoms with Crippen molar-refractivity contribution in [3.8, 4) is 17.9 Å². The lowest BCUT2D eigenvalue weighted by atomic mass is 10.2. The van der Waals surface area contributed by atoms with Gasteiger partial charge in [-0.2, -0.15) is 5.26 Å². The lowest BCUT2D eigenvalue weighted by Crippen LogP contribution is -1.88. The highest BCUT2D eigenvalue weighted by molar-refractivity contribution is 6.36. The van der Waals surface area contributed by atoms with Crippen LogP contribution in [-0.4, -0.2) is 15.0 Å². The molecule has 3 aromatic rings. The molecular formula is C15H7ClN4. The van der Waals surface area contributed by atoms with E-state index in [-0.39, 0.29) is 0 Å². The van der Waals surface area contributed by atoms with Crippen LogP contribution in [0.3, 0.4) is 0 Å². The number of H-pyrrole nitrogens is 1. The van der Waals surface area contributed by atoms with E-state index in [9.17, 15) is 0 Å². The standard InChI is InChI=1S/C15H7ClN4/c16-14-11(9-20-15-12(14)5-7-19-15)3-4-13-10(8-17)2-1-6-18-13/h1-2,5-7,9H,(H,19,20). The SMILES string of the molecule is N#Cc1cccnc1C#Cc1cnc2[nH]ccc2c1Cl. The van der Waals surface area contributed by atoms with Gasteiger partial charge in [0, 0.05) is 24.0 Å². The van der Waals surface area contributed by atoms with Gasteiger partial charge in [0.15, 0.2) is 0 Å². The van der Waals surface area contributed by atoms with Gasteiger partial charge in [-0.1, -0.05) is 17.5 Å². The van der Waals surface area contributed by atoms with Crippen molar-refractivity contribution >= 4 is 22.6 Å². The minimum Gasteiger partial charge on any atom is -0.346 e. The minimum absolute atomic E-state index is 0.431. The van der Waals surface area contributed by atoms with Crippen molar-refractivity contribution in [2.24, 2.45) is 0 Å². The first kappa shape index (κ1) is 12.2. The number of pyridine rings is 2. The molecule has 3 heterocycles. The molecule has 0 aromatic carbocycles. The third-order valence-electron chi connectivity index (χ3n) is 2.76. The summed E-state index contributed by atoms with van der Waals surface area (Å²) in [7, 11) is 0. The van der Waals surface area contributed by atoms with E-state index < -0.39 is 0 Å². The predicted molar refractivity (Wildman–Crippen MR) is 76.0 cm³/mol. The maximum absolute atomic E-state index is 8.98. The first-order chi connectivity index (χ1) is 9.79. The van der Waals surface area contributed by atoms with Crippen LogP contribution in [0.5, 0.6) is 0 Å². The van der Waals surface area contributed by atoms with Crippen LogP contribution in [0.4, 0.5) is 0 Å². The number of fused-ring (bicyclic) bond motifs is 1. The van der Waals surface area contributed by atoms with Crippen molar-refractivity contribution in [2.75, 3.05) is 0 Å². The van der Waals surface area contributed by atoms with Crippen molar-refractivity contribution in [2.45, 2.75) is 0 Å². The van der Waals surface area contributed by atoms with Gasteiger partial charge in [0.25, 0.3) is 0 Å². The third kappa shape index (κ3) is 2.09. The molecule has 94 valence electrons. The first-order valence-electron chi connectivity index (χ1n) is 5.78. The number of aromatic nitrogens is 3. The number of nitrogens with one attached hydrogen (secondary N) is 1. The summed E-state index contributed by atoms with van der Waals surface area (Å²) < 4.78 is 0. The predicted octanol–water partition coefficient (Wildman–Crippen LogP) is 2.88. The van der Waals surface area contributed by atoms with Crippen LogP contribution < -0.4 is 0 Å². The second kappa shape index (κ2) is 5.05. The normalized spacial score (nSPS) is 9.80. The minimum atomic E-state index is 0.431. The third-order valence-corrected chi connectivity index (χ3v) is 3.17. The van der Waals surface area contributed by atoms with Crippen molar-refractivity contribution in [1.82, 2.24) is 15.0 Å². The average molecular weight is 279 g/mol. The number of rotatable bonds is 0. The number of nitriles is 1. The van der Waals surface area contributed by atoms with Crippen LogP contribution in [-0.2, 0) is 0 Å². The molecule has 0 spiro atoms. The molecule has 3 aromatic heterocycles. The summed E-state index contributed by atoms with van der Waals surface area (Å²) in [6, 6.07) is 7.27. The highest BCUT2D eigenvalue weighted by Gasteiger charge is 2.05. The molecular weight excluding hydrogens is 272 g/mol. The Morgan fingerprint density at radius 2 is 2.05 bits per heavy atom. The molecule has 0 aliphatic heterocycles. The maximum atomic E-state index is 8.98. The summed E-state index contributed by atoms with van der Waals surface area (Å²) in [5.74, 6) is 5.77. The molecule has 1 N–H and O–H groups in total. The van der Waals surface area contributed by atoms with Crippen molar-refractivity contribution < 1.29 is 0 Å². The maximum Gasteiger partial charge on any atom is 0.138 e. The largest absolute Gasteiger partial charge is 0.346 e. The Morgan fingerprint density at radius 3 is 2.90 bits per heavy atom. The van der Waals surface area contributed by atoms with Gasteiger partial charge in [-0.3, -0.25) is 0 Å². The molecule has 0 saturated carbocycles. The van der Waals surface area contributed by atoms with E-state index in [0.29, 0.717) is 21.8 Å². The molecule has 0 atom stereocenters. The van der Waals surface area contributed by atoms with Crippen LogP contribution >= 0.6 is 11.6 Å². The fourth-order valence-corrected chi connectivity index (χ4v) is 2.03. The van der Waals surface area contributed by atoms with E-state index in [0.717, 1.165) is 11.0 Å². The monoisotopic (exact) mass is 278 g/mol. The second-order valence-electron chi connectivity index (χ2n) is 3.99. The van der Waals surface area contributed by atoms with E-state index in [1.165, 1.54) is 0 Å². The zero-order valence-electron chi connectivity index (χ0n) is 10.2. The Balaban J connectivity index is 2.08. The van der Waals surface area contributed by atoms with Gasteiger partial charge in [0.05, 0.1) is 16.1 Å². The van der Waals surface area contributed by atoms with E-state index in [1.807, 2.05) is 6.07 Å². The zero-order chi connectivity index (χ0) is 13.9. The molecule has 0 saturated heterocycles. The topological polar surface area (TPSA) is 65.4 Å². The lowest BCUT2D eigenvalue weighted by Gasteiger charge is -1.97. The van der Waals surface area contributed by atoms with Gasteiger partial charge in [-0.25, -0.2) is 9.97 Å². The van der Waals surface area contributed by atoms with Crippen molar-refractivity contribution in [1.29, 1.82) is 5.26 Å². The molecule has 5 heteroatoms. The Hall–Kier alpha value is -2.82. The molecule has 0 fully saturated rings. The van der Waals surface area contributed by atoms with Crippen LogP contribution in [0.15, 0.2) is 36.8 Å². The molecule has 0 amide bonds. The summed E-state index contributed by atoms with van der Waals surface area (Å²) >= 11 is 6.27. The van der Waals surface area contributed by atoms with Crippen LogP contribution in [0.25, 0.3) is 11.0 Å². The molecule has 0 aliphatic rings. The van der Waals surface area contributed by atoms with Crippen LogP contribution in [0, 0.1) is 23.2 Å². The summed E-state index contributed by atoms with van der Waals surface area (Å²) in [4.78, 5) is 11.3. The zero-order valence-corrected chi connectivity index (χ0v) is 10.9. The summed E-state index contributed by atoms with van der Waals surface area (Å²) in [6.45, 7) is 0. The van der Waals surface area contributed by atoms with Gasteiger partial charge >= 0.3 is 0 Å². The molecule has 0 unspecified atom stereocenters. The molecule has 0 bridgehead atoms. The summed E-state index contributed by atoms with van der Waals surface area (Å²) in [6.07, 6.45) is 4.97. The summed E-state index contributed by atoms with van der Waals surface area (Å²) in [5.41, 5.74) is 2.19. The molecule has 20 heavy (non-hydrogen) atoms. The van der Waals surface area contributed by atoms with Crippen molar-refractivity contribution in [3.63, 3.8) is 0 Å². The smallest absolute Gasteiger partial charge is 0.138 e. The molecule has 0 aliphatic carbocycles. The number of nitrogens with zero attached hydrogens (tertiary/aromatic N) is 3. The fraction of sp³-hybridized carbons (Fsp3) is 0. The van der Waals surface area contributed by atoms with E-state index >= 15 is 0 Å². The fourth-order valence-electron chi connectivity index (χ4n) is 1.78. The van der Waals surface area contributed by atoms with Gasteiger partial charge < -0.3 is 4.98 Å². The number of aromatic amines is 1. The van der Waals surface area contributed by atoms with Gasteiger partial charge in [-0.15, -0.1) is 0 Å². The number of halogens is 1. The lowest BCUT2D eigenvalue weighted by molar-refractivity contribution is 1.26. The average Bonchev–Trinajstić information content (AvgIpc) is 2.96. The van der Waals surface area contributed by atoms with Gasteiger partial charge in [-0.05, 0) is 24.1 Å². The van der Waals surface area contributed by atoms with Crippen LogP contribution in [0.2, 0.25) is 5.02 Å². The van der Waals surface area contributed by atoms with E-state index in [1.54, 1.807) is 30.7 Å². The van der Waals surface area contributed by atoms with Crippen molar-refractivity contribution in [3.05, 3.63) is 58.6 Å². The number of hydrogen-bond donors (Lipinski definition) is 1. The molecule has 3 rings (SSSR count). The Bertz CT molecular complexity index is 893. The van der Waals surface area contributed by atoms with Crippen LogP contribution in [0.1, 0.15) is 16.8 Å². The molecule has 0 radical (unpaired) electrons.